The number of methoxy groups -OCH3 is 1. The Morgan fingerprint density at radius 3 is 2.61 bits per heavy atom. The van der Waals surface area contributed by atoms with Crippen LogP contribution in [0.15, 0.2) is 36.7 Å². The molecule has 4 heteroatoms. The molecule has 0 aliphatic rings. The molecule has 0 saturated carbocycles. The smallest absolute Gasteiger partial charge is 0.196 e. The number of aromatic nitrogens is 2. The van der Waals surface area contributed by atoms with E-state index in [0.29, 0.717) is 11.1 Å². The van der Waals surface area contributed by atoms with Crippen molar-refractivity contribution in [2.45, 2.75) is 19.9 Å². The molecule has 18 heavy (non-hydrogen) atoms. The molecule has 0 aliphatic heterocycles. The largest absolute Gasteiger partial charge is 0.497 e. The van der Waals surface area contributed by atoms with Gasteiger partial charge in [0, 0.05) is 18.3 Å². The third kappa shape index (κ3) is 2.59. The second-order valence-corrected chi connectivity index (χ2v) is 4.05. The molecule has 2 aromatic rings. The van der Waals surface area contributed by atoms with Gasteiger partial charge in [-0.2, -0.15) is 5.10 Å². The van der Waals surface area contributed by atoms with Crippen LogP contribution in [0.5, 0.6) is 5.75 Å². The molecule has 4 nitrogen and oxygen atoms in total. The summed E-state index contributed by atoms with van der Waals surface area (Å²) in [5.74, 6) is 0.730. The molecule has 2 rings (SSSR count). The Morgan fingerprint density at radius 1 is 1.28 bits per heavy atom. The van der Waals surface area contributed by atoms with E-state index in [1.54, 1.807) is 48.5 Å². The van der Waals surface area contributed by atoms with Gasteiger partial charge < -0.3 is 4.74 Å². The number of carbonyl (C=O) groups is 1. The predicted molar refractivity (Wildman–Crippen MR) is 68.9 cm³/mol. The fourth-order valence-electron chi connectivity index (χ4n) is 1.74. The minimum Gasteiger partial charge on any atom is -0.497 e. The Hall–Kier alpha value is -2.10. The van der Waals surface area contributed by atoms with Crippen LogP contribution in [0, 0.1) is 0 Å². The fraction of sp³-hybridized carbons (Fsp3) is 0.286. The quantitative estimate of drug-likeness (QED) is 0.759. The van der Waals surface area contributed by atoms with Gasteiger partial charge in [0.05, 0.1) is 18.9 Å². The summed E-state index contributed by atoms with van der Waals surface area (Å²) in [6, 6.07) is 7.09. The van der Waals surface area contributed by atoms with E-state index in [9.17, 15) is 4.79 Å². The average molecular weight is 244 g/mol. The van der Waals surface area contributed by atoms with Crippen molar-refractivity contribution < 1.29 is 9.53 Å². The zero-order valence-electron chi connectivity index (χ0n) is 10.6. The predicted octanol–water partition coefficient (Wildman–Crippen LogP) is 2.53. The van der Waals surface area contributed by atoms with Crippen LogP contribution < -0.4 is 4.74 Å². The molecule has 1 aromatic heterocycles. The number of ether oxygens (including phenoxy) is 1. The number of aryl methyl sites for hydroxylation is 1. The van der Waals surface area contributed by atoms with Crippen molar-refractivity contribution in [3.05, 3.63) is 47.8 Å². The summed E-state index contributed by atoms with van der Waals surface area (Å²) in [4.78, 5) is 12.2. The SMILES string of the molecule is CCCn1cc(C(=O)c2ccc(OC)cc2)cn1. The van der Waals surface area contributed by atoms with Crippen LogP contribution in [0.4, 0.5) is 0 Å². The lowest BCUT2D eigenvalue weighted by molar-refractivity contribution is 0.103. The van der Waals surface area contributed by atoms with Crippen LogP contribution in [0.25, 0.3) is 0 Å². The van der Waals surface area contributed by atoms with Gasteiger partial charge in [-0.1, -0.05) is 6.92 Å². The molecule has 0 atom stereocenters. The van der Waals surface area contributed by atoms with Crippen LogP contribution in [-0.4, -0.2) is 22.7 Å². The lowest BCUT2D eigenvalue weighted by atomic mass is 10.1. The van der Waals surface area contributed by atoms with Crippen molar-refractivity contribution in [3.8, 4) is 5.75 Å². The second-order valence-electron chi connectivity index (χ2n) is 4.05. The van der Waals surface area contributed by atoms with Crippen LogP contribution in [0.3, 0.4) is 0 Å². The van der Waals surface area contributed by atoms with Gasteiger partial charge in [0.1, 0.15) is 5.75 Å². The van der Waals surface area contributed by atoms with Gasteiger partial charge in [-0.15, -0.1) is 0 Å². The number of hydrogen-bond donors (Lipinski definition) is 0. The molecule has 94 valence electrons. The van der Waals surface area contributed by atoms with Crippen LogP contribution in [0.2, 0.25) is 0 Å². The summed E-state index contributed by atoms with van der Waals surface area (Å²) < 4.78 is 6.85. The highest BCUT2D eigenvalue weighted by atomic mass is 16.5. The molecule has 0 aliphatic carbocycles. The molecule has 1 aromatic carbocycles. The van der Waals surface area contributed by atoms with Crippen molar-refractivity contribution >= 4 is 5.78 Å². The van der Waals surface area contributed by atoms with Gasteiger partial charge in [-0.05, 0) is 30.7 Å². The molecule has 0 radical (unpaired) electrons. The summed E-state index contributed by atoms with van der Waals surface area (Å²) in [5.41, 5.74) is 1.26. The molecule has 0 spiro atoms. The average Bonchev–Trinajstić information content (AvgIpc) is 2.87. The number of ketones is 1. The molecule has 0 unspecified atom stereocenters. The monoisotopic (exact) mass is 244 g/mol. The zero-order chi connectivity index (χ0) is 13.0. The van der Waals surface area contributed by atoms with E-state index in [1.165, 1.54) is 0 Å². The minimum atomic E-state index is -0.0139. The van der Waals surface area contributed by atoms with Gasteiger partial charge in [0.25, 0.3) is 0 Å². The summed E-state index contributed by atoms with van der Waals surface area (Å²) in [6.07, 6.45) is 4.40. The van der Waals surface area contributed by atoms with Crippen LogP contribution >= 0.6 is 0 Å². The Balaban J connectivity index is 2.18. The normalized spacial score (nSPS) is 10.3. The molecule has 1 heterocycles. The number of hydrogen-bond acceptors (Lipinski definition) is 3. The van der Waals surface area contributed by atoms with E-state index in [1.807, 2.05) is 0 Å². The first kappa shape index (κ1) is 12.4. The van der Waals surface area contributed by atoms with Crippen molar-refractivity contribution in [1.29, 1.82) is 0 Å². The third-order valence-electron chi connectivity index (χ3n) is 2.70. The van der Waals surface area contributed by atoms with Crippen molar-refractivity contribution in [2.75, 3.05) is 7.11 Å². The molecule has 0 fully saturated rings. The highest BCUT2D eigenvalue weighted by Gasteiger charge is 2.11. The van der Waals surface area contributed by atoms with Gasteiger partial charge in [-0.25, -0.2) is 0 Å². The standard InChI is InChI=1S/C14H16N2O2/c1-3-8-16-10-12(9-15-16)14(17)11-4-6-13(18-2)7-5-11/h4-7,9-10H,3,8H2,1-2H3. The van der Waals surface area contributed by atoms with Crippen molar-refractivity contribution in [1.82, 2.24) is 9.78 Å². The summed E-state index contributed by atoms with van der Waals surface area (Å²) in [6.45, 7) is 2.91. The lowest BCUT2D eigenvalue weighted by Gasteiger charge is -2.01. The first-order valence-corrected chi connectivity index (χ1v) is 5.95. The first-order valence-electron chi connectivity index (χ1n) is 5.95. The van der Waals surface area contributed by atoms with Gasteiger partial charge in [0.2, 0.25) is 0 Å². The number of rotatable bonds is 5. The highest BCUT2D eigenvalue weighted by Crippen LogP contribution is 2.14. The van der Waals surface area contributed by atoms with E-state index in [-0.39, 0.29) is 5.78 Å². The van der Waals surface area contributed by atoms with E-state index in [2.05, 4.69) is 12.0 Å². The summed E-state index contributed by atoms with van der Waals surface area (Å²) in [7, 11) is 1.60. The van der Waals surface area contributed by atoms with Crippen LogP contribution in [-0.2, 0) is 6.54 Å². The summed E-state index contributed by atoms with van der Waals surface area (Å²) in [5, 5.41) is 4.16. The van der Waals surface area contributed by atoms with Gasteiger partial charge in [-0.3, -0.25) is 9.48 Å². The lowest BCUT2D eigenvalue weighted by Crippen LogP contribution is -2.00. The van der Waals surface area contributed by atoms with Gasteiger partial charge in [0.15, 0.2) is 5.78 Å². The molecule has 0 saturated heterocycles. The zero-order valence-corrected chi connectivity index (χ0v) is 10.6. The number of benzene rings is 1. The summed E-state index contributed by atoms with van der Waals surface area (Å²) >= 11 is 0. The minimum absolute atomic E-state index is 0.0139. The number of carbonyl (C=O) groups excluding carboxylic acids is 1. The topological polar surface area (TPSA) is 44.1 Å². The van der Waals surface area contributed by atoms with E-state index in [4.69, 9.17) is 4.74 Å². The third-order valence-corrected chi connectivity index (χ3v) is 2.70. The Labute approximate surface area is 106 Å². The Morgan fingerprint density at radius 2 is 2.00 bits per heavy atom. The maximum absolute atomic E-state index is 12.2. The Kier molecular flexibility index (Phi) is 3.77. The van der Waals surface area contributed by atoms with E-state index in [0.717, 1.165) is 18.7 Å². The fourth-order valence-corrected chi connectivity index (χ4v) is 1.74. The molecule has 0 N–H and O–H groups in total. The van der Waals surface area contributed by atoms with E-state index >= 15 is 0 Å². The van der Waals surface area contributed by atoms with E-state index < -0.39 is 0 Å². The second kappa shape index (κ2) is 5.49. The Bertz CT molecular complexity index is 529. The first-order chi connectivity index (χ1) is 8.74. The molecule has 0 bridgehead atoms. The highest BCUT2D eigenvalue weighted by molar-refractivity contribution is 6.08. The maximum atomic E-state index is 12.2. The maximum Gasteiger partial charge on any atom is 0.196 e. The number of nitrogens with zero attached hydrogens (tertiary/aromatic N) is 2. The van der Waals surface area contributed by atoms with Crippen molar-refractivity contribution in [2.24, 2.45) is 0 Å². The molecular formula is C14H16N2O2. The molecule has 0 amide bonds. The molecular weight excluding hydrogens is 228 g/mol. The van der Waals surface area contributed by atoms with Gasteiger partial charge >= 0.3 is 0 Å². The van der Waals surface area contributed by atoms with Crippen molar-refractivity contribution in [3.63, 3.8) is 0 Å². The van der Waals surface area contributed by atoms with Crippen LogP contribution in [0.1, 0.15) is 29.3 Å².